The molecule has 0 bridgehead atoms. The molecule has 0 aliphatic rings. The molecule has 2 nitrogen and oxygen atoms in total. The summed E-state index contributed by atoms with van der Waals surface area (Å²) < 4.78 is 5.25. The summed E-state index contributed by atoms with van der Waals surface area (Å²) in [5.41, 5.74) is 0.979. The number of hydrogen-bond donors (Lipinski definition) is 1. The third-order valence-corrected chi connectivity index (χ3v) is 4.01. The van der Waals surface area contributed by atoms with Crippen LogP contribution < -0.4 is 4.74 Å². The third-order valence-electron chi connectivity index (χ3n) is 2.55. The van der Waals surface area contributed by atoms with Gasteiger partial charge >= 0.3 is 0 Å². The molecule has 4 heteroatoms. The molecule has 1 aromatic carbocycles. The third kappa shape index (κ3) is 2.80. The smallest absolute Gasteiger partial charge is 0.122 e. The molecule has 1 N–H and O–H groups in total. The summed E-state index contributed by atoms with van der Waals surface area (Å²) in [6.07, 6.45) is -0.0802. The van der Waals surface area contributed by atoms with Gasteiger partial charge in [-0.3, -0.25) is 0 Å². The van der Waals surface area contributed by atoms with Crippen LogP contribution in [-0.2, 0) is 6.42 Å². The number of para-hydroxylation sites is 1. The van der Waals surface area contributed by atoms with Crippen LogP contribution in [0.5, 0.6) is 5.75 Å². The number of halogens is 1. The van der Waals surface area contributed by atoms with Gasteiger partial charge in [0.1, 0.15) is 5.75 Å². The number of benzene rings is 1. The lowest BCUT2D eigenvalue weighted by Gasteiger charge is -2.12. The fourth-order valence-corrected chi connectivity index (χ4v) is 2.88. The van der Waals surface area contributed by atoms with Gasteiger partial charge in [0.15, 0.2) is 0 Å². The maximum atomic E-state index is 10.1. The highest BCUT2D eigenvalue weighted by molar-refractivity contribution is 7.10. The second-order valence-corrected chi connectivity index (χ2v) is 5.02. The van der Waals surface area contributed by atoms with Crippen LogP contribution >= 0.6 is 22.9 Å². The zero-order chi connectivity index (χ0) is 12.3. The Labute approximate surface area is 109 Å². The molecule has 0 spiro atoms. The quantitative estimate of drug-likeness (QED) is 0.916. The highest BCUT2D eigenvalue weighted by atomic mass is 35.5. The van der Waals surface area contributed by atoms with E-state index < -0.39 is 6.10 Å². The van der Waals surface area contributed by atoms with Crippen LogP contribution in [0.4, 0.5) is 0 Å². The number of methoxy groups -OCH3 is 1. The first-order valence-electron chi connectivity index (χ1n) is 5.25. The summed E-state index contributed by atoms with van der Waals surface area (Å²) in [6, 6.07) is 9.47. The summed E-state index contributed by atoms with van der Waals surface area (Å²) in [7, 11) is 1.63. The highest BCUT2D eigenvalue weighted by Crippen LogP contribution is 2.32. The van der Waals surface area contributed by atoms with Gasteiger partial charge in [-0.2, -0.15) is 0 Å². The first-order valence-corrected chi connectivity index (χ1v) is 6.51. The lowest BCUT2D eigenvalue weighted by molar-refractivity contribution is 0.181. The topological polar surface area (TPSA) is 29.5 Å². The average molecular weight is 269 g/mol. The van der Waals surface area contributed by atoms with Crippen molar-refractivity contribution in [2.24, 2.45) is 0 Å². The van der Waals surface area contributed by atoms with E-state index in [2.05, 4.69) is 0 Å². The molecule has 0 saturated carbocycles. The monoisotopic (exact) mass is 268 g/mol. The zero-order valence-corrected chi connectivity index (χ0v) is 11.0. The highest BCUT2D eigenvalue weighted by Gasteiger charge is 2.15. The summed E-state index contributed by atoms with van der Waals surface area (Å²) in [4.78, 5) is 0.803. The second kappa shape index (κ2) is 5.54. The Bertz CT molecular complexity index is 496. The van der Waals surface area contributed by atoms with Gasteiger partial charge in [-0.15, -0.1) is 11.3 Å². The van der Waals surface area contributed by atoms with Gasteiger partial charge in [0.2, 0.25) is 0 Å². The van der Waals surface area contributed by atoms with Gasteiger partial charge in [-0.05, 0) is 23.1 Å². The first kappa shape index (κ1) is 12.4. The minimum Gasteiger partial charge on any atom is -0.496 e. The standard InChI is InChI=1S/C13H13ClO2S/c1-16-12-5-3-2-4-9(12)8-11(15)13-10(14)6-7-17-13/h2-7,11,15H,8H2,1H3. The predicted octanol–water partition coefficient (Wildman–Crippen LogP) is 3.69. The van der Waals surface area contributed by atoms with Crippen molar-refractivity contribution in [1.29, 1.82) is 0 Å². The summed E-state index contributed by atoms with van der Waals surface area (Å²) in [5.74, 6) is 0.791. The van der Waals surface area contributed by atoms with Gasteiger partial charge in [-0.25, -0.2) is 0 Å². The molecular weight excluding hydrogens is 256 g/mol. The molecular formula is C13H13ClO2S. The van der Waals surface area contributed by atoms with Crippen molar-refractivity contribution in [2.75, 3.05) is 7.11 Å². The van der Waals surface area contributed by atoms with E-state index in [1.165, 1.54) is 11.3 Å². The lowest BCUT2D eigenvalue weighted by atomic mass is 10.1. The Morgan fingerprint density at radius 1 is 1.35 bits per heavy atom. The minimum atomic E-state index is -0.584. The van der Waals surface area contributed by atoms with Crippen molar-refractivity contribution in [2.45, 2.75) is 12.5 Å². The van der Waals surface area contributed by atoms with Crippen LogP contribution in [0.3, 0.4) is 0 Å². The molecule has 0 amide bonds. The molecule has 0 fully saturated rings. The Balaban J connectivity index is 2.18. The molecule has 17 heavy (non-hydrogen) atoms. The van der Waals surface area contributed by atoms with Crippen LogP contribution in [0.1, 0.15) is 16.5 Å². The van der Waals surface area contributed by atoms with E-state index in [9.17, 15) is 5.11 Å². The van der Waals surface area contributed by atoms with Gasteiger partial charge in [0, 0.05) is 6.42 Å². The molecule has 0 radical (unpaired) electrons. The van der Waals surface area contributed by atoms with Crippen molar-refractivity contribution in [3.8, 4) is 5.75 Å². The van der Waals surface area contributed by atoms with E-state index in [1.54, 1.807) is 13.2 Å². The molecule has 0 aliphatic heterocycles. The number of ether oxygens (including phenoxy) is 1. The minimum absolute atomic E-state index is 0.504. The van der Waals surface area contributed by atoms with Gasteiger partial charge < -0.3 is 9.84 Å². The summed E-state index contributed by atoms with van der Waals surface area (Å²) >= 11 is 7.46. The van der Waals surface area contributed by atoms with E-state index in [0.717, 1.165) is 16.2 Å². The van der Waals surface area contributed by atoms with Crippen molar-refractivity contribution in [3.63, 3.8) is 0 Å². The molecule has 1 aromatic heterocycles. The number of aliphatic hydroxyl groups is 1. The van der Waals surface area contributed by atoms with Crippen molar-refractivity contribution in [1.82, 2.24) is 0 Å². The van der Waals surface area contributed by atoms with Crippen LogP contribution in [-0.4, -0.2) is 12.2 Å². The van der Waals surface area contributed by atoms with Crippen molar-refractivity contribution in [3.05, 3.63) is 51.2 Å². The van der Waals surface area contributed by atoms with Crippen molar-refractivity contribution >= 4 is 22.9 Å². The van der Waals surface area contributed by atoms with E-state index >= 15 is 0 Å². The Kier molecular flexibility index (Phi) is 4.05. The van der Waals surface area contributed by atoms with Gasteiger partial charge in [0.25, 0.3) is 0 Å². The van der Waals surface area contributed by atoms with Crippen LogP contribution in [0.15, 0.2) is 35.7 Å². The fourth-order valence-electron chi connectivity index (χ4n) is 1.72. The summed E-state index contributed by atoms with van der Waals surface area (Å²) in [6.45, 7) is 0. The molecule has 1 unspecified atom stereocenters. The van der Waals surface area contributed by atoms with E-state index in [4.69, 9.17) is 16.3 Å². The van der Waals surface area contributed by atoms with Gasteiger partial charge in [-0.1, -0.05) is 29.8 Å². The first-order chi connectivity index (χ1) is 8.22. The molecule has 1 atom stereocenters. The lowest BCUT2D eigenvalue weighted by Crippen LogP contribution is -2.02. The zero-order valence-electron chi connectivity index (χ0n) is 9.39. The van der Waals surface area contributed by atoms with E-state index in [0.29, 0.717) is 11.4 Å². The predicted molar refractivity (Wildman–Crippen MR) is 71.0 cm³/mol. The SMILES string of the molecule is COc1ccccc1CC(O)c1sccc1Cl. The van der Waals surface area contributed by atoms with Crippen molar-refractivity contribution < 1.29 is 9.84 Å². The Morgan fingerprint density at radius 2 is 2.12 bits per heavy atom. The fraction of sp³-hybridized carbons (Fsp3) is 0.231. The normalized spacial score (nSPS) is 12.4. The van der Waals surface area contributed by atoms with Crippen LogP contribution in [0.2, 0.25) is 5.02 Å². The van der Waals surface area contributed by atoms with E-state index in [1.807, 2.05) is 29.6 Å². The number of thiophene rings is 1. The molecule has 2 aromatic rings. The average Bonchev–Trinajstić information content (AvgIpc) is 2.76. The van der Waals surface area contributed by atoms with Crippen LogP contribution in [0, 0.1) is 0 Å². The largest absolute Gasteiger partial charge is 0.496 e. The number of hydrogen-bond acceptors (Lipinski definition) is 3. The van der Waals surface area contributed by atoms with Crippen LogP contribution in [0.25, 0.3) is 0 Å². The Hall–Kier alpha value is -1.03. The van der Waals surface area contributed by atoms with E-state index in [-0.39, 0.29) is 0 Å². The molecule has 0 aliphatic carbocycles. The van der Waals surface area contributed by atoms with Gasteiger partial charge in [0.05, 0.1) is 23.1 Å². The number of rotatable bonds is 4. The molecule has 90 valence electrons. The molecule has 0 saturated heterocycles. The maximum absolute atomic E-state index is 10.1. The summed E-state index contributed by atoms with van der Waals surface area (Å²) in [5, 5.41) is 12.6. The molecule has 2 rings (SSSR count). The Morgan fingerprint density at radius 3 is 2.76 bits per heavy atom. The molecule has 1 heterocycles. The maximum Gasteiger partial charge on any atom is 0.122 e. The second-order valence-electron chi connectivity index (χ2n) is 3.66. The number of aliphatic hydroxyl groups excluding tert-OH is 1.